The summed E-state index contributed by atoms with van der Waals surface area (Å²) >= 11 is 0. The number of likely N-dealkylation sites (tertiary alicyclic amines) is 2. The van der Waals surface area contributed by atoms with E-state index < -0.39 is 0 Å². The molecule has 3 aliphatic rings. The molecular formula is C22H32N2O4. The third-order valence-corrected chi connectivity index (χ3v) is 6.74. The largest absolute Gasteiger partial charge is 0.496 e. The lowest BCUT2D eigenvalue weighted by Gasteiger charge is -2.45. The molecule has 1 amide bonds. The zero-order valence-electron chi connectivity index (χ0n) is 17.3. The van der Waals surface area contributed by atoms with Crippen LogP contribution in [0.4, 0.5) is 0 Å². The molecule has 6 heteroatoms. The average Bonchev–Trinajstić information content (AvgIpc) is 2.97. The Morgan fingerprint density at radius 1 is 1.18 bits per heavy atom. The van der Waals surface area contributed by atoms with E-state index in [1.165, 1.54) is 12.8 Å². The highest BCUT2D eigenvalue weighted by atomic mass is 16.6. The number of hydrogen-bond donors (Lipinski definition) is 0. The molecule has 1 aromatic carbocycles. The molecule has 0 bridgehead atoms. The summed E-state index contributed by atoms with van der Waals surface area (Å²) < 4.78 is 17.1. The lowest BCUT2D eigenvalue weighted by atomic mass is 9.84. The first-order chi connectivity index (χ1) is 13.5. The maximum atomic E-state index is 12.4. The van der Waals surface area contributed by atoms with Gasteiger partial charge >= 0.3 is 0 Å². The van der Waals surface area contributed by atoms with Crippen LogP contribution in [0.1, 0.15) is 51.5 Å². The van der Waals surface area contributed by atoms with Crippen LogP contribution in [0.2, 0.25) is 0 Å². The molecule has 2 saturated heterocycles. The average molecular weight is 389 g/mol. The van der Waals surface area contributed by atoms with Gasteiger partial charge in [-0.3, -0.25) is 9.69 Å². The van der Waals surface area contributed by atoms with Crippen molar-refractivity contribution < 1.29 is 19.0 Å². The molecule has 2 atom stereocenters. The summed E-state index contributed by atoms with van der Waals surface area (Å²) in [6.45, 7) is 7.82. The van der Waals surface area contributed by atoms with Crippen molar-refractivity contribution in [2.24, 2.45) is 0 Å². The lowest BCUT2D eigenvalue weighted by molar-refractivity contribution is -0.136. The van der Waals surface area contributed by atoms with Crippen molar-refractivity contribution in [3.8, 4) is 17.2 Å². The van der Waals surface area contributed by atoms with Crippen LogP contribution in [0.15, 0.2) is 12.1 Å². The summed E-state index contributed by atoms with van der Waals surface area (Å²) in [5.41, 5.74) is 1.03. The number of carbonyl (C=O) groups excluding carboxylic acids is 1. The van der Waals surface area contributed by atoms with Gasteiger partial charge < -0.3 is 19.1 Å². The predicted octanol–water partition coefficient (Wildman–Crippen LogP) is 3.22. The molecule has 0 N–H and O–H groups in total. The van der Waals surface area contributed by atoms with Gasteiger partial charge in [-0.05, 0) is 32.3 Å². The Labute approximate surface area is 167 Å². The van der Waals surface area contributed by atoms with E-state index in [2.05, 4.69) is 22.8 Å². The van der Waals surface area contributed by atoms with Gasteiger partial charge in [-0.25, -0.2) is 0 Å². The standard InChI is InChI=1S/C22H32N2O4/c1-16(25)24-9-6-4-5-7-21-22(24,2)8-10-23(21)15-17-13-19-20(14-18(17)26-3)28-12-11-27-19/h13-14,21H,4-12,15H2,1-3H3/t21-,22-/m0/s1. The molecule has 0 unspecified atom stereocenters. The number of hydrogen-bond acceptors (Lipinski definition) is 5. The van der Waals surface area contributed by atoms with Gasteiger partial charge in [-0.15, -0.1) is 0 Å². The Bertz CT molecular complexity index is 737. The van der Waals surface area contributed by atoms with E-state index in [0.717, 1.165) is 61.7 Å². The Hall–Kier alpha value is -1.95. The fourth-order valence-corrected chi connectivity index (χ4v) is 5.28. The highest BCUT2D eigenvalue weighted by Gasteiger charge is 2.48. The van der Waals surface area contributed by atoms with E-state index in [1.54, 1.807) is 14.0 Å². The number of ether oxygens (including phenoxy) is 3. The normalized spacial score (nSPS) is 27.7. The summed E-state index contributed by atoms with van der Waals surface area (Å²) in [7, 11) is 1.70. The van der Waals surface area contributed by atoms with E-state index in [1.807, 2.05) is 6.07 Å². The van der Waals surface area contributed by atoms with Gasteiger partial charge in [0.05, 0.1) is 12.6 Å². The van der Waals surface area contributed by atoms with E-state index in [0.29, 0.717) is 19.3 Å². The SMILES string of the molecule is COc1cc2c(cc1CN1CC[C@@]3(C)[C@@H]1CCCCCN3C(C)=O)OCCO2. The quantitative estimate of drug-likeness (QED) is 0.796. The summed E-state index contributed by atoms with van der Waals surface area (Å²) in [6.07, 6.45) is 5.67. The number of methoxy groups -OCH3 is 1. The summed E-state index contributed by atoms with van der Waals surface area (Å²) in [4.78, 5) is 17.1. The van der Waals surface area contributed by atoms with E-state index in [9.17, 15) is 4.79 Å². The zero-order valence-corrected chi connectivity index (χ0v) is 17.3. The van der Waals surface area contributed by atoms with Crippen LogP contribution in [0.5, 0.6) is 17.2 Å². The van der Waals surface area contributed by atoms with E-state index in [4.69, 9.17) is 14.2 Å². The number of amides is 1. The minimum absolute atomic E-state index is 0.0900. The van der Waals surface area contributed by atoms with Crippen molar-refractivity contribution in [2.45, 2.75) is 64.1 Å². The van der Waals surface area contributed by atoms with Gasteiger partial charge in [0.15, 0.2) is 11.5 Å². The summed E-state index contributed by atoms with van der Waals surface area (Å²) in [5, 5.41) is 0. The summed E-state index contributed by atoms with van der Waals surface area (Å²) in [6, 6.07) is 4.38. The molecule has 0 saturated carbocycles. The Morgan fingerprint density at radius 2 is 1.93 bits per heavy atom. The number of carbonyl (C=O) groups is 1. The zero-order chi connectivity index (χ0) is 19.7. The van der Waals surface area contributed by atoms with E-state index in [-0.39, 0.29) is 11.4 Å². The van der Waals surface area contributed by atoms with Crippen LogP contribution < -0.4 is 14.2 Å². The van der Waals surface area contributed by atoms with Gasteiger partial charge in [-0.1, -0.05) is 12.8 Å². The molecule has 0 aromatic heterocycles. The minimum Gasteiger partial charge on any atom is -0.496 e. The molecule has 1 aromatic rings. The smallest absolute Gasteiger partial charge is 0.219 e. The molecule has 28 heavy (non-hydrogen) atoms. The first-order valence-corrected chi connectivity index (χ1v) is 10.5. The molecule has 0 spiro atoms. The Morgan fingerprint density at radius 3 is 2.64 bits per heavy atom. The van der Waals surface area contributed by atoms with Crippen LogP contribution in [0.3, 0.4) is 0 Å². The third kappa shape index (κ3) is 3.43. The molecule has 3 aliphatic heterocycles. The van der Waals surface area contributed by atoms with Gasteiger partial charge in [0, 0.05) is 44.2 Å². The third-order valence-electron chi connectivity index (χ3n) is 6.74. The van der Waals surface area contributed by atoms with Crippen molar-refractivity contribution >= 4 is 5.91 Å². The molecule has 0 radical (unpaired) electrons. The minimum atomic E-state index is -0.0900. The molecular weight excluding hydrogens is 356 g/mol. The fraction of sp³-hybridized carbons (Fsp3) is 0.682. The van der Waals surface area contributed by atoms with Crippen LogP contribution >= 0.6 is 0 Å². The van der Waals surface area contributed by atoms with E-state index >= 15 is 0 Å². The number of nitrogens with zero attached hydrogens (tertiary/aromatic N) is 2. The van der Waals surface area contributed by atoms with Crippen molar-refractivity contribution in [2.75, 3.05) is 33.4 Å². The molecule has 3 heterocycles. The van der Waals surface area contributed by atoms with Gasteiger partial charge in [-0.2, -0.15) is 0 Å². The first kappa shape index (κ1) is 19.4. The molecule has 2 fully saturated rings. The summed E-state index contributed by atoms with van der Waals surface area (Å²) in [5.74, 6) is 2.60. The van der Waals surface area contributed by atoms with Crippen molar-refractivity contribution in [3.63, 3.8) is 0 Å². The second-order valence-corrected chi connectivity index (χ2v) is 8.42. The van der Waals surface area contributed by atoms with Gasteiger partial charge in [0.2, 0.25) is 5.91 Å². The molecule has 154 valence electrons. The van der Waals surface area contributed by atoms with Crippen molar-refractivity contribution in [3.05, 3.63) is 17.7 Å². The van der Waals surface area contributed by atoms with Crippen LogP contribution in [-0.4, -0.2) is 60.7 Å². The fourth-order valence-electron chi connectivity index (χ4n) is 5.28. The van der Waals surface area contributed by atoms with Crippen LogP contribution in [-0.2, 0) is 11.3 Å². The lowest BCUT2D eigenvalue weighted by Crippen LogP contribution is -2.57. The van der Waals surface area contributed by atoms with Crippen molar-refractivity contribution in [1.82, 2.24) is 9.80 Å². The van der Waals surface area contributed by atoms with Crippen molar-refractivity contribution in [1.29, 1.82) is 0 Å². The highest BCUT2D eigenvalue weighted by Crippen LogP contribution is 2.42. The second kappa shape index (κ2) is 7.82. The molecule has 0 aliphatic carbocycles. The maximum Gasteiger partial charge on any atom is 0.219 e. The second-order valence-electron chi connectivity index (χ2n) is 8.42. The Balaban J connectivity index is 1.61. The maximum absolute atomic E-state index is 12.4. The predicted molar refractivity (Wildman–Crippen MR) is 107 cm³/mol. The van der Waals surface area contributed by atoms with Gasteiger partial charge in [0.25, 0.3) is 0 Å². The topological polar surface area (TPSA) is 51.2 Å². The number of fused-ring (bicyclic) bond motifs is 2. The monoisotopic (exact) mass is 388 g/mol. The van der Waals surface area contributed by atoms with Gasteiger partial charge in [0.1, 0.15) is 19.0 Å². The van der Waals surface area contributed by atoms with Crippen LogP contribution in [0, 0.1) is 0 Å². The Kier molecular flexibility index (Phi) is 5.41. The first-order valence-electron chi connectivity index (χ1n) is 10.5. The van der Waals surface area contributed by atoms with Crippen LogP contribution in [0.25, 0.3) is 0 Å². The molecule has 4 rings (SSSR count). The highest BCUT2D eigenvalue weighted by molar-refractivity contribution is 5.74. The number of benzene rings is 1. The molecule has 6 nitrogen and oxygen atoms in total. The number of rotatable bonds is 3.